The fraction of sp³-hybridized carbons (Fsp3) is 0.0769. The minimum atomic E-state index is 0.963. The highest BCUT2D eigenvalue weighted by atomic mass is 14.8. The van der Waals surface area contributed by atoms with Crippen LogP contribution in [0.3, 0.4) is 0 Å². The van der Waals surface area contributed by atoms with Gasteiger partial charge in [-0.2, -0.15) is 0 Å². The molecule has 0 amide bonds. The summed E-state index contributed by atoms with van der Waals surface area (Å²) in [7, 11) is 0. The standard InChI is InChI=1S/C13H11N3/c1-9-6-13(16-8-15-9)11-7-14-12-5-3-2-4-10(11)12/h2-8,14H,1H3. The topological polar surface area (TPSA) is 41.6 Å². The quantitative estimate of drug-likeness (QED) is 0.669. The summed E-state index contributed by atoms with van der Waals surface area (Å²) in [6.07, 6.45) is 3.60. The van der Waals surface area contributed by atoms with Crippen LogP contribution in [0.1, 0.15) is 5.69 Å². The van der Waals surface area contributed by atoms with Gasteiger partial charge in [-0.15, -0.1) is 0 Å². The van der Waals surface area contributed by atoms with Crippen molar-refractivity contribution in [2.75, 3.05) is 0 Å². The van der Waals surface area contributed by atoms with Crippen LogP contribution in [0.25, 0.3) is 22.2 Å². The van der Waals surface area contributed by atoms with Crippen molar-refractivity contribution in [3.05, 3.63) is 48.5 Å². The van der Waals surface area contributed by atoms with Crippen LogP contribution in [0.15, 0.2) is 42.9 Å². The third kappa shape index (κ3) is 1.37. The Morgan fingerprint density at radius 2 is 2.00 bits per heavy atom. The maximum Gasteiger partial charge on any atom is 0.116 e. The van der Waals surface area contributed by atoms with Crippen molar-refractivity contribution in [1.29, 1.82) is 0 Å². The molecule has 0 aliphatic rings. The normalized spacial score (nSPS) is 10.8. The Kier molecular flexibility index (Phi) is 1.96. The van der Waals surface area contributed by atoms with Crippen molar-refractivity contribution in [3.63, 3.8) is 0 Å². The minimum Gasteiger partial charge on any atom is -0.360 e. The summed E-state index contributed by atoms with van der Waals surface area (Å²) in [5, 5.41) is 1.20. The van der Waals surface area contributed by atoms with Gasteiger partial charge in [0.05, 0.1) is 5.69 Å². The lowest BCUT2D eigenvalue weighted by Crippen LogP contribution is -1.86. The molecule has 0 atom stereocenters. The average molecular weight is 209 g/mol. The van der Waals surface area contributed by atoms with E-state index in [2.05, 4.69) is 27.1 Å². The van der Waals surface area contributed by atoms with Gasteiger partial charge in [-0.05, 0) is 19.1 Å². The molecule has 0 spiro atoms. The highest BCUT2D eigenvalue weighted by molar-refractivity contribution is 5.94. The van der Waals surface area contributed by atoms with Crippen LogP contribution in [0.2, 0.25) is 0 Å². The molecular formula is C13H11N3. The molecule has 3 rings (SSSR count). The molecule has 1 N–H and O–H groups in total. The number of benzene rings is 1. The first-order valence-corrected chi connectivity index (χ1v) is 5.20. The molecule has 3 nitrogen and oxygen atoms in total. The van der Waals surface area contributed by atoms with E-state index >= 15 is 0 Å². The molecule has 0 aliphatic carbocycles. The number of aryl methyl sites for hydroxylation is 1. The summed E-state index contributed by atoms with van der Waals surface area (Å²) in [5.41, 5.74) is 4.20. The first-order chi connectivity index (χ1) is 7.84. The lowest BCUT2D eigenvalue weighted by Gasteiger charge is -1.99. The van der Waals surface area contributed by atoms with Crippen molar-refractivity contribution in [3.8, 4) is 11.3 Å². The molecule has 0 saturated carbocycles. The van der Waals surface area contributed by atoms with Gasteiger partial charge in [-0.25, -0.2) is 9.97 Å². The van der Waals surface area contributed by atoms with E-state index in [4.69, 9.17) is 0 Å². The molecule has 0 fully saturated rings. The van der Waals surface area contributed by atoms with E-state index in [1.54, 1.807) is 6.33 Å². The van der Waals surface area contributed by atoms with Crippen molar-refractivity contribution in [2.45, 2.75) is 6.92 Å². The van der Waals surface area contributed by atoms with E-state index in [9.17, 15) is 0 Å². The van der Waals surface area contributed by atoms with E-state index < -0.39 is 0 Å². The van der Waals surface area contributed by atoms with Crippen LogP contribution in [0.5, 0.6) is 0 Å². The van der Waals surface area contributed by atoms with Crippen LogP contribution < -0.4 is 0 Å². The lowest BCUT2D eigenvalue weighted by molar-refractivity contribution is 1.11. The number of hydrogen-bond acceptors (Lipinski definition) is 2. The van der Waals surface area contributed by atoms with E-state index in [1.807, 2.05) is 31.3 Å². The van der Waals surface area contributed by atoms with Crippen LogP contribution in [0, 0.1) is 6.92 Å². The molecule has 3 aromatic rings. The van der Waals surface area contributed by atoms with E-state index in [1.165, 1.54) is 5.39 Å². The number of hydrogen-bond donors (Lipinski definition) is 1. The van der Waals surface area contributed by atoms with Crippen LogP contribution in [-0.2, 0) is 0 Å². The van der Waals surface area contributed by atoms with Crippen molar-refractivity contribution < 1.29 is 0 Å². The van der Waals surface area contributed by atoms with E-state index in [0.717, 1.165) is 22.5 Å². The first kappa shape index (κ1) is 9.09. The van der Waals surface area contributed by atoms with Gasteiger partial charge >= 0.3 is 0 Å². The van der Waals surface area contributed by atoms with Gasteiger partial charge in [0, 0.05) is 28.4 Å². The molecule has 3 heteroatoms. The highest BCUT2D eigenvalue weighted by Gasteiger charge is 2.06. The summed E-state index contributed by atoms with van der Waals surface area (Å²) in [6, 6.07) is 10.2. The number of aromatic amines is 1. The zero-order chi connectivity index (χ0) is 11.0. The summed E-state index contributed by atoms with van der Waals surface area (Å²) in [4.78, 5) is 11.7. The molecule has 2 heterocycles. The van der Waals surface area contributed by atoms with Gasteiger partial charge in [0.25, 0.3) is 0 Å². The van der Waals surface area contributed by atoms with Crippen molar-refractivity contribution in [1.82, 2.24) is 15.0 Å². The predicted octanol–water partition coefficient (Wildman–Crippen LogP) is 2.93. The Morgan fingerprint density at radius 1 is 1.12 bits per heavy atom. The van der Waals surface area contributed by atoms with Crippen molar-refractivity contribution in [2.24, 2.45) is 0 Å². The molecule has 0 bridgehead atoms. The minimum absolute atomic E-state index is 0.963. The average Bonchev–Trinajstić information content (AvgIpc) is 2.72. The largest absolute Gasteiger partial charge is 0.360 e. The second kappa shape index (κ2) is 3.45. The number of H-pyrrole nitrogens is 1. The molecular weight excluding hydrogens is 198 g/mol. The van der Waals surface area contributed by atoms with E-state index in [-0.39, 0.29) is 0 Å². The zero-order valence-corrected chi connectivity index (χ0v) is 8.94. The van der Waals surface area contributed by atoms with Gasteiger partial charge in [-0.1, -0.05) is 18.2 Å². The van der Waals surface area contributed by atoms with Gasteiger partial charge in [0.2, 0.25) is 0 Å². The smallest absolute Gasteiger partial charge is 0.116 e. The van der Waals surface area contributed by atoms with Crippen LogP contribution in [0.4, 0.5) is 0 Å². The molecule has 0 unspecified atom stereocenters. The summed E-state index contributed by atoms with van der Waals surface area (Å²) >= 11 is 0. The van der Waals surface area contributed by atoms with Gasteiger partial charge in [-0.3, -0.25) is 0 Å². The molecule has 0 saturated heterocycles. The maximum absolute atomic E-state index is 4.30. The first-order valence-electron chi connectivity index (χ1n) is 5.20. The third-order valence-corrected chi connectivity index (χ3v) is 2.67. The maximum atomic E-state index is 4.30. The monoisotopic (exact) mass is 209 g/mol. The number of para-hydroxylation sites is 1. The summed E-state index contributed by atoms with van der Waals surface area (Å²) < 4.78 is 0. The molecule has 0 radical (unpaired) electrons. The Morgan fingerprint density at radius 3 is 2.88 bits per heavy atom. The number of fused-ring (bicyclic) bond motifs is 1. The number of rotatable bonds is 1. The zero-order valence-electron chi connectivity index (χ0n) is 8.94. The van der Waals surface area contributed by atoms with Crippen LogP contribution in [-0.4, -0.2) is 15.0 Å². The SMILES string of the molecule is Cc1cc(-c2c[nH]c3ccccc23)ncn1. The Hall–Kier alpha value is -2.16. The summed E-state index contributed by atoms with van der Waals surface area (Å²) in [6.45, 7) is 1.97. The Bertz CT molecular complexity index is 640. The molecule has 78 valence electrons. The van der Waals surface area contributed by atoms with Gasteiger partial charge in [0.15, 0.2) is 0 Å². The third-order valence-electron chi connectivity index (χ3n) is 2.67. The fourth-order valence-electron chi connectivity index (χ4n) is 1.89. The van der Waals surface area contributed by atoms with Gasteiger partial charge in [0.1, 0.15) is 6.33 Å². The number of nitrogens with one attached hydrogen (secondary N) is 1. The fourth-order valence-corrected chi connectivity index (χ4v) is 1.89. The Labute approximate surface area is 93.2 Å². The Balaban J connectivity index is 2.26. The molecule has 0 aliphatic heterocycles. The molecule has 2 aromatic heterocycles. The summed E-state index contributed by atoms with van der Waals surface area (Å²) in [5.74, 6) is 0. The van der Waals surface area contributed by atoms with Crippen molar-refractivity contribution >= 4 is 10.9 Å². The number of aromatic nitrogens is 3. The second-order valence-corrected chi connectivity index (χ2v) is 3.79. The molecule has 1 aromatic carbocycles. The van der Waals surface area contributed by atoms with E-state index in [0.29, 0.717) is 0 Å². The van der Waals surface area contributed by atoms with Crippen LogP contribution >= 0.6 is 0 Å². The second-order valence-electron chi connectivity index (χ2n) is 3.79. The lowest BCUT2D eigenvalue weighted by atomic mass is 10.1. The molecule has 16 heavy (non-hydrogen) atoms. The predicted molar refractivity (Wildman–Crippen MR) is 64.1 cm³/mol. The van der Waals surface area contributed by atoms with Gasteiger partial charge < -0.3 is 4.98 Å². The highest BCUT2D eigenvalue weighted by Crippen LogP contribution is 2.26. The number of nitrogens with zero attached hydrogens (tertiary/aromatic N) is 2.